The van der Waals surface area contributed by atoms with E-state index in [2.05, 4.69) is 70.5 Å². The van der Waals surface area contributed by atoms with Crippen molar-refractivity contribution in [3.63, 3.8) is 0 Å². The maximum Gasteiger partial charge on any atom is 0.129 e. The smallest absolute Gasteiger partial charge is 0.129 e. The van der Waals surface area contributed by atoms with Crippen molar-refractivity contribution in [2.45, 2.75) is 4.83 Å². The normalized spacial score (nSPS) is 12.1. The molecular formula is C18H15BrOS. The Balaban J connectivity index is 1.83. The SMILES string of the molecule is COc1csc(C(Br)c2ccc(-c3ccccc3)cc2)c1. The Labute approximate surface area is 137 Å². The van der Waals surface area contributed by atoms with Crippen LogP contribution in [0.1, 0.15) is 15.3 Å². The molecule has 0 saturated heterocycles. The minimum Gasteiger partial charge on any atom is -0.496 e. The molecule has 106 valence electrons. The van der Waals surface area contributed by atoms with Crippen LogP contribution >= 0.6 is 27.3 Å². The Morgan fingerprint density at radius 1 is 0.952 bits per heavy atom. The fourth-order valence-electron chi connectivity index (χ4n) is 2.21. The summed E-state index contributed by atoms with van der Waals surface area (Å²) in [6.07, 6.45) is 0. The second-order valence-corrected chi connectivity index (χ2v) is 6.60. The van der Waals surface area contributed by atoms with E-state index in [1.807, 2.05) is 11.4 Å². The number of alkyl halides is 1. The number of methoxy groups -OCH3 is 1. The van der Waals surface area contributed by atoms with Crippen LogP contribution in [-0.2, 0) is 0 Å². The average Bonchev–Trinajstić information content (AvgIpc) is 3.04. The third-order valence-corrected chi connectivity index (χ3v) is 5.69. The van der Waals surface area contributed by atoms with Crippen molar-refractivity contribution < 1.29 is 4.74 Å². The van der Waals surface area contributed by atoms with Gasteiger partial charge in [0.2, 0.25) is 0 Å². The quantitative estimate of drug-likeness (QED) is 0.527. The first-order valence-electron chi connectivity index (χ1n) is 6.70. The molecule has 1 heterocycles. The highest BCUT2D eigenvalue weighted by Gasteiger charge is 2.13. The summed E-state index contributed by atoms with van der Waals surface area (Å²) >= 11 is 5.48. The molecule has 0 fully saturated rings. The molecule has 0 bridgehead atoms. The maximum absolute atomic E-state index is 5.25. The summed E-state index contributed by atoms with van der Waals surface area (Å²) in [5.41, 5.74) is 3.73. The van der Waals surface area contributed by atoms with E-state index in [1.54, 1.807) is 18.4 Å². The molecule has 0 aliphatic heterocycles. The summed E-state index contributed by atoms with van der Waals surface area (Å²) in [5.74, 6) is 0.917. The van der Waals surface area contributed by atoms with Crippen molar-refractivity contribution >= 4 is 27.3 Å². The Morgan fingerprint density at radius 2 is 1.62 bits per heavy atom. The van der Waals surface area contributed by atoms with Crippen LogP contribution in [0.3, 0.4) is 0 Å². The Bertz CT molecular complexity index is 704. The zero-order valence-electron chi connectivity index (χ0n) is 11.6. The molecule has 1 atom stereocenters. The van der Waals surface area contributed by atoms with Crippen LogP contribution in [0.5, 0.6) is 5.75 Å². The molecule has 3 rings (SSSR count). The van der Waals surface area contributed by atoms with Crippen LogP contribution in [0.4, 0.5) is 0 Å². The van der Waals surface area contributed by atoms with Crippen molar-refractivity contribution in [3.8, 4) is 16.9 Å². The Morgan fingerprint density at radius 3 is 2.24 bits per heavy atom. The van der Waals surface area contributed by atoms with Gasteiger partial charge in [-0.2, -0.15) is 0 Å². The number of hydrogen-bond acceptors (Lipinski definition) is 2. The molecule has 0 spiro atoms. The maximum atomic E-state index is 5.25. The molecular weight excluding hydrogens is 344 g/mol. The molecule has 0 saturated carbocycles. The van der Waals surface area contributed by atoms with E-state index in [0.29, 0.717) is 0 Å². The summed E-state index contributed by atoms with van der Waals surface area (Å²) in [7, 11) is 1.70. The van der Waals surface area contributed by atoms with E-state index in [9.17, 15) is 0 Å². The van der Waals surface area contributed by atoms with E-state index < -0.39 is 0 Å². The monoisotopic (exact) mass is 358 g/mol. The minimum absolute atomic E-state index is 0.205. The highest BCUT2D eigenvalue weighted by Crippen LogP contribution is 2.37. The standard InChI is InChI=1S/C18H15BrOS/c1-20-16-11-17(21-12-16)18(19)15-9-7-14(8-10-15)13-5-3-2-4-6-13/h2-12,18H,1H3. The lowest BCUT2D eigenvalue weighted by molar-refractivity contribution is 0.416. The summed E-state index contributed by atoms with van der Waals surface area (Å²) in [6.45, 7) is 0. The Hall–Kier alpha value is -1.58. The van der Waals surface area contributed by atoms with Gasteiger partial charge in [-0.3, -0.25) is 0 Å². The van der Waals surface area contributed by atoms with Gasteiger partial charge in [-0.15, -0.1) is 11.3 Å². The third-order valence-electron chi connectivity index (χ3n) is 3.39. The number of ether oxygens (including phenoxy) is 1. The predicted molar refractivity (Wildman–Crippen MR) is 93.5 cm³/mol. The molecule has 3 heteroatoms. The van der Waals surface area contributed by atoms with Gasteiger partial charge in [0.05, 0.1) is 11.9 Å². The molecule has 0 radical (unpaired) electrons. The highest BCUT2D eigenvalue weighted by molar-refractivity contribution is 9.09. The molecule has 2 aromatic carbocycles. The summed E-state index contributed by atoms with van der Waals surface area (Å²) < 4.78 is 5.25. The number of halogens is 1. The summed E-state index contributed by atoms with van der Waals surface area (Å²) in [4.78, 5) is 1.45. The molecule has 0 N–H and O–H groups in total. The van der Waals surface area contributed by atoms with Crippen molar-refractivity contribution in [1.82, 2.24) is 0 Å². The second kappa shape index (κ2) is 6.46. The van der Waals surface area contributed by atoms with Gasteiger partial charge < -0.3 is 4.74 Å². The highest BCUT2D eigenvalue weighted by atomic mass is 79.9. The average molecular weight is 359 g/mol. The number of rotatable bonds is 4. The number of thiophene rings is 1. The van der Waals surface area contributed by atoms with Gasteiger partial charge in [-0.25, -0.2) is 0 Å². The first kappa shape index (κ1) is 14.4. The molecule has 0 aliphatic rings. The first-order chi connectivity index (χ1) is 10.3. The lowest BCUT2D eigenvalue weighted by Gasteiger charge is -2.09. The molecule has 1 nitrogen and oxygen atoms in total. The van der Waals surface area contributed by atoms with E-state index in [4.69, 9.17) is 4.74 Å². The van der Waals surface area contributed by atoms with Crippen LogP contribution in [0.15, 0.2) is 66.0 Å². The first-order valence-corrected chi connectivity index (χ1v) is 8.49. The third kappa shape index (κ3) is 3.20. The van der Waals surface area contributed by atoms with Crippen molar-refractivity contribution in [2.75, 3.05) is 7.11 Å². The van der Waals surface area contributed by atoms with E-state index in [1.165, 1.54) is 21.6 Å². The van der Waals surface area contributed by atoms with Gasteiger partial charge in [-0.1, -0.05) is 70.5 Å². The van der Waals surface area contributed by atoms with E-state index in [0.717, 1.165) is 5.75 Å². The number of benzene rings is 2. The fraction of sp³-hybridized carbons (Fsp3) is 0.111. The van der Waals surface area contributed by atoms with Gasteiger partial charge in [0.25, 0.3) is 0 Å². The van der Waals surface area contributed by atoms with Gasteiger partial charge >= 0.3 is 0 Å². The van der Waals surface area contributed by atoms with Crippen LogP contribution in [-0.4, -0.2) is 7.11 Å². The minimum atomic E-state index is 0.205. The van der Waals surface area contributed by atoms with Crippen molar-refractivity contribution in [1.29, 1.82) is 0 Å². The second-order valence-electron chi connectivity index (χ2n) is 4.74. The van der Waals surface area contributed by atoms with Crippen LogP contribution < -0.4 is 4.74 Å². The van der Waals surface area contributed by atoms with Gasteiger partial charge in [0, 0.05) is 10.3 Å². The van der Waals surface area contributed by atoms with Crippen molar-refractivity contribution in [3.05, 3.63) is 76.5 Å². The summed E-state index contributed by atoms with van der Waals surface area (Å²) in [5, 5.41) is 2.03. The summed E-state index contributed by atoms with van der Waals surface area (Å²) in [6, 6.07) is 21.2. The van der Waals surface area contributed by atoms with Crippen LogP contribution in [0, 0.1) is 0 Å². The zero-order chi connectivity index (χ0) is 14.7. The van der Waals surface area contributed by atoms with Crippen LogP contribution in [0.25, 0.3) is 11.1 Å². The molecule has 21 heavy (non-hydrogen) atoms. The van der Waals surface area contributed by atoms with Crippen molar-refractivity contribution in [2.24, 2.45) is 0 Å². The van der Waals surface area contributed by atoms with Gasteiger partial charge in [-0.05, 0) is 22.8 Å². The van der Waals surface area contributed by atoms with Crippen LogP contribution in [0.2, 0.25) is 0 Å². The number of hydrogen-bond donors (Lipinski definition) is 0. The largest absolute Gasteiger partial charge is 0.496 e. The zero-order valence-corrected chi connectivity index (χ0v) is 14.0. The molecule has 1 unspecified atom stereocenters. The van der Waals surface area contributed by atoms with Gasteiger partial charge in [0.1, 0.15) is 5.75 Å². The molecule has 0 amide bonds. The fourth-order valence-corrected chi connectivity index (χ4v) is 3.83. The van der Waals surface area contributed by atoms with E-state index in [-0.39, 0.29) is 4.83 Å². The molecule has 0 aliphatic carbocycles. The predicted octanol–water partition coefficient (Wildman–Crippen LogP) is 5.91. The lowest BCUT2D eigenvalue weighted by atomic mass is 10.0. The van der Waals surface area contributed by atoms with Gasteiger partial charge in [0.15, 0.2) is 0 Å². The lowest BCUT2D eigenvalue weighted by Crippen LogP contribution is -1.89. The Kier molecular flexibility index (Phi) is 4.42. The molecule has 3 aromatic rings. The molecule has 1 aromatic heterocycles. The topological polar surface area (TPSA) is 9.23 Å². The van der Waals surface area contributed by atoms with E-state index >= 15 is 0 Å².